The number of nitrogens with zero attached hydrogens (tertiary/aromatic N) is 8. The predicted molar refractivity (Wildman–Crippen MR) is 195 cm³/mol. The quantitative estimate of drug-likeness (QED) is 0.0490. The molecule has 8 nitrogen and oxygen atoms in total. The van der Waals surface area contributed by atoms with E-state index in [2.05, 4.69) is 116 Å². The Morgan fingerprint density at radius 3 is 1.28 bits per heavy atom. The molecule has 4 rings (SSSR count). The van der Waals surface area contributed by atoms with Gasteiger partial charge in [-0.3, -0.25) is 0 Å². The standard InChI is InChI=1S/C31H42N8S2.4ClH.Zn/c1-5-36(28-16-12-26(13-17-28)32-34-30-38(7-3)22-24-40-30)20-10-9-11-21-37(6-2)29-18-14-27(15-19-29)33-35-31-39(8-4)23-25-41-31;;;;;/h12-19,22-25H,5-11,20-21H2,1-4H3;4*1H;/q+2;;;;;+2/p-4. The number of thiazole rings is 2. The summed E-state index contributed by atoms with van der Waals surface area (Å²) in [5.41, 5.74) is 4.23. The molecule has 0 saturated heterocycles. The van der Waals surface area contributed by atoms with Gasteiger partial charge in [-0.05, 0) is 128 Å². The van der Waals surface area contributed by atoms with E-state index in [-0.39, 0.29) is 0 Å². The average molecular weight is 798 g/mol. The second-order valence-corrected chi connectivity index (χ2v) is 39.7. The van der Waals surface area contributed by atoms with E-state index in [0.29, 0.717) is 0 Å². The Bertz CT molecular complexity index is 1380. The van der Waals surface area contributed by atoms with Gasteiger partial charge in [0.25, 0.3) is 0 Å². The van der Waals surface area contributed by atoms with Crippen LogP contribution >= 0.6 is 61.4 Å². The minimum atomic E-state index is -3.36. The van der Waals surface area contributed by atoms with Gasteiger partial charge in [-0.2, -0.15) is 0 Å². The van der Waals surface area contributed by atoms with Gasteiger partial charge in [-0.1, -0.05) is 0 Å². The molecule has 0 spiro atoms. The third-order valence-corrected chi connectivity index (χ3v) is 8.62. The van der Waals surface area contributed by atoms with Gasteiger partial charge in [0.15, 0.2) is 0 Å². The summed E-state index contributed by atoms with van der Waals surface area (Å²) in [6, 6.07) is 16.9. The Balaban J connectivity index is 0.00000107. The molecule has 0 aliphatic carbocycles. The van der Waals surface area contributed by atoms with Gasteiger partial charge in [0.1, 0.15) is 23.8 Å². The first-order valence-corrected chi connectivity index (χ1v) is 33.0. The zero-order valence-corrected chi connectivity index (χ0v) is 34.5. The van der Waals surface area contributed by atoms with Crippen molar-refractivity contribution in [1.82, 2.24) is 0 Å². The molecular formula is C31H42Cl4N8S2Zn. The van der Waals surface area contributed by atoms with Crippen LogP contribution in [0.15, 0.2) is 92.1 Å². The molecule has 2 aromatic heterocycles. The van der Waals surface area contributed by atoms with Crippen LogP contribution in [-0.2, 0) is 23.9 Å². The van der Waals surface area contributed by atoms with Crippen molar-refractivity contribution in [1.29, 1.82) is 0 Å². The summed E-state index contributed by atoms with van der Waals surface area (Å²) in [5.74, 6) is 0. The zero-order valence-electron chi connectivity index (χ0n) is 26.9. The summed E-state index contributed by atoms with van der Waals surface area (Å²) in [4.78, 5) is 4.88. The van der Waals surface area contributed by atoms with Gasteiger partial charge in [0, 0.05) is 48.3 Å². The van der Waals surface area contributed by atoms with E-state index in [9.17, 15) is 0 Å². The van der Waals surface area contributed by atoms with E-state index >= 15 is 0 Å². The fraction of sp³-hybridized carbons (Fsp3) is 0.419. The number of aromatic nitrogens is 2. The van der Waals surface area contributed by atoms with Crippen LogP contribution in [0.2, 0.25) is 0 Å². The molecule has 0 aliphatic rings. The third-order valence-electron chi connectivity index (χ3n) is 7.05. The van der Waals surface area contributed by atoms with Crippen molar-refractivity contribution in [3.8, 4) is 0 Å². The first-order chi connectivity index (χ1) is 22.1. The van der Waals surface area contributed by atoms with E-state index in [4.69, 9.17) is 38.8 Å². The molecule has 0 aliphatic heterocycles. The van der Waals surface area contributed by atoms with Crippen molar-refractivity contribution < 1.29 is 19.9 Å². The summed E-state index contributed by atoms with van der Waals surface area (Å²) >= 11 is 3.21. The molecule has 248 valence electrons. The van der Waals surface area contributed by atoms with Gasteiger partial charge in [0.05, 0.1) is 23.3 Å². The summed E-state index contributed by atoms with van der Waals surface area (Å²) < 4.78 is 4.19. The molecule has 0 saturated carbocycles. The number of benzene rings is 2. The van der Waals surface area contributed by atoms with Crippen LogP contribution in [0.3, 0.4) is 0 Å². The van der Waals surface area contributed by atoms with E-state index in [0.717, 1.165) is 60.9 Å². The minimum absolute atomic E-state index is 0.878. The maximum absolute atomic E-state index is 5.05. The number of aryl methyl sites for hydroxylation is 2. The molecule has 2 heterocycles. The van der Waals surface area contributed by atoms with Crippen molar-refractivity contribution in [2.75, 3.05) is 36.0 Å². The van der Waals surface area contributed by atoms with Crippen LogP contribution in [0.5, 0.6) is 0 Å². The van der Waals surface area contributed by atoms with Gasteiger partial charge in [0.2, 0.25) is 0 Å². The Hall–Kier alpha value is -1.72. The number of hydrogen-bond acceptors (Lipinski definition) is 8. The molecule has 0 fully saturated rings. The van der Waals surface area contributed by atoms with E-state index < -0.39 is 10.8 Å². The van der Waals surface area contributed by atoms with Crippen LogP contribution in [0.1, 0.15) is 47.0 Å². The summed E-state index contributed by atoms with van der Waals surface area (Å²) in [6.07, 6.45) is 7.62. The van der Waals surface area contributed by atoms with Gasteiger partial charge >= 0.3 is 59.8 Å². The third kappa shape index (κ3) is 13.8. The molecule has 46 heavy (non-hydrogen) atoms. The first-order valence-electron chi connectivity index (χ1n) is 15.7. The number of anilines is 2. The van der Waals surface area contributed by atoms with Gasteiger partial charge < -0.3 is 9.80 Å². The number of hydrogen-bond donors (Lipinski definition) is 0. The Morgan fingerprint density at radius 1 is 0.587 bits per heavy atom. The second kappa shape index (κ2) is 20.6. The fourth-order valence-electron chi connectivity index (χ4n) is 4.62. The molecule has 0 atom stereocenters. The average Bonchev–Trinajstić information content (AvgIpc) is 3.71. The Morgan fingerprint density at radius 2 is 0.957 bits per heavy atom. The van der Waals surface area contributed by atoms with Gasteiger partial charge in [-0.25, -0.2) is 9.13 Å². The Kier molecular flexibility index (Phi) is 17.3. The van der Waals surface area contributed by atoms with Crippen LogP contribution in [0.25, 0.3) is 0 Å². The molecule has 0 amide bonds. The molecular weight excluding hydrogens is 756 g/mol. The first kappa shape index (κ1) is 38.7. The van der Waals surface area contributed by atoms with E-state index in [1.54, 1.807) is 22.7 Å². The SMILES string of the molecule is CCN(CCCCCN(CC)c1ccc(N=Nc2scc[n+]2CC)cc1)c1ccc(N=Nc2scc[n+]2CC)cc1.[Cl][Zn-2]([Cl])([Cl])[Cl]. The van der Waals surface area contributed by atoms with E-state index in [1.165, 1.54) is 30.6 Å². The maximum atomic E-state index is 5.05. The fourth-order valence-corrected chi connectivity index (χ4v) is 6.10. The van der Waals surface area contributed by atoms with Crippen LogP contribution in [0, 0.1) is 0 Å². The predicted octanol–water partition coefficient (Wildman–Crippen LogP) is 11.5. The normalized spacial score (nSPS) is 11.7. The summed E-state index contributed by atoms with van der Waals surface area (Å²) in [6.45, 7) is 14.5. The number of unbranched alkanes of at least 4 members (excludes halogenated alkanes) is 2. The zero-order chi connectivity index (χ0) is 33.4. The van der Waals surface area contributed by atoms with Crippen molar-refractivity contribution in [2.45, 2.75) is 60.0 Å². The van der Waals surface area contributed by atoms with Crippen molar-refractivity contribution >= 4 is 94.5 Å². The van der Waals surface area contributed by atoms with Gasteiger partial charge in [-0.15, -0.1) is 0 Å². The topological polar surface area (TPSA) is 63.7 Å². The van der Waals surface area contributed by atoms with Crippen molar-refractivity contribution in [3.63, 3.8) is 0 Å². The molecule has 0 unspecified atom stereocenters. The number of halogens is 4. The van der Waals surface area contributed by atoms with E-state index in [1.807, 2.05) is 23.2 Å². The molecule has 0 bridgehead atoms. The van der Waals surface area contributed by atoms with Crippen molar-refractivity contribution in [3.05, 3.63) is 71.7 Å². The number of rotatable bonds is 16. The monoisotopic (exact) mass is 794 g/mol. The van der Waals surface area contributed by atoms with Crippen LogP contribution in [0.4, 0.5) is 33.0 Å². The van der Waals surface area contributed by atoms with Crippen molar-refractivity contribution in [2.24, 2.45) is 20.5 Å². The number of azo groups is 2. The molecule has 2 aromatic carbocycles. The van der Waals surface area contributed by atoms with Crippen LogP contribution in [-0.4, -0.2) is 26.2 Å². The van der Waals surface area contributed by atoms with Crippen LogP contribution < -0.4 is 18.9 Å². The molecule has 15 heteroatoms. The molecule has 0 N–H and O–H groups in total. The second-order valence-electron chi connectivity index (χ2n) is 10.2. The summed E-state index contributed by atoms with van der Waals surface area (Å²) in [7, 11) is 16.8. The Labute approximate surface area is 300 Å². The molecule has 4 aromatic rings. The molecule has 0 radical (unpaired) electrons. The summed E-state index contributed by atoms with van der Waals surface area (Å²) in [5, 5.41) is 23.6.